The number of esters is 1. The van der Waals surface area contributed by atoms with Crippen molar-refractivity contribution in [1.29, 1.82) is 0 Å². The highest BCUT2D eigenvalue weighted by Gasteiger charge is 2.29. The lowest BCUT2D eigenvalue weighted by Crippen LogP contribution is -2.16. The van der Waals surface area contributed by atoms with E-state index < -0.39 is 16.8 Å². The molecule has 1 aliphatic rings. The number of rotatable bonds is 5. The number of methoxy groups -OCH3 is 1. The van der Waals surface area contributed by atoms with E-state index in [9.17, 15) is 19.7 Å². The number of nitro benzene ring substituents is 1. The molecule has 0 radical (unpaired) electrons. The number of carbonyl (C=O) groups is 2. The molecule has 3 rings (SSSR count). The molecule has 1 aromatic carbocycles. The number of aryl methyl sites for hydroxylation is 1. The molecule has 8 heteroatoms. The Morgan fingerprint density at radius 1 is 1.39 bits per heavy atom. The second-order valence-electron chi connectivity index (χ2n) is 6.93. The van der Waals surface area contributed by atoms with Gasteiger partial charge in [0.05, 0.1) is 17.6 Å². The fourth-order valence-electron chi connectivity index (χ4n) is 3.59. The first kappa shape index (κ1) is 20.0. The molecule has 1 atom stereocenters. The summed E-state index contributed by atoms with van der Waals surface area (Å²) in [6, 6.07) is 4.21. The Bertz CT molecular complexity index is 950. The number of carbonyl (C=O) groups excluding carboxylic acids is 2. The maximum atomic E-state index is 12.7. The van der Waals surface area contributed by atoms with Gasteiger partial charge in [0.15, 0.2) is 0 Å². The van der Waals surface area contributed by atoms with E-state index in [0.29, 0.717) is 27.6 Å². The molecule has 1 heterocycles. The molecule has 1 N–H and O–H groups in total. The van der Waals surface area contributed by atoms with Gasteiger partial charge in [-0.25, -0.2) is 4.79 Å². The monoisotopic (exact) mass is 402 g/mol. The second kappa shape index (κ2) is 8.10. The smallest absolute Gasteiger partial charge is 0.341 e. The first-order valence-corrected chi connectivity index (χ1v) is 9.96. The quantitative estimate of drug-likeness (QED) is 0.450. The van der Waals surface area contributed by atoms with Crippen molar-refractivity contribution in [1.82, 2.24) is 0 Å². The number of anilines is 1. The van der Waals surface area contributed by atoms with Crippen LogP contribution in [0.5, 0.6) is 0 Å². The molecule has 0 spiro atoms. The van der Waals surface area contributed by atoms with Crippen molar-refractivity contribution in [2.24, 2.45) is 5.92 Å². The number of nitrogens with one attached hydrogen (secondary N) is 1. The van der Waals surface area contributed by atoms with E-state index >= 15 is 0 Å². The molecule has 0 saturated carbocycles. The number of fused-ring (bicyclic) bond motifs is 1. The third-order valence-corrected chi connectivity index (χ3v) is 6.39. The summed E-state index contributed by atoms with van der Waals surface area (Å²) >= 11 is 1.42. The fourth-order valence-corrected chi connectivity index (χ4v) is 4.93. The van der Waals surface area contributed by atoms with E-state index in [2.05, 4.69) is 12.2 Å². The number of thiophene rings is 1. The van der Waals surface area contributed by atoms with Crippen molar-refractivity contribution >= 4 is 33.9 Å². The Balaban J connectivity index is 1.92. The third kappa shape index (κ3) is 3.77. The zero-order valence-corrected chi connectivity index (χ0v) is 16.9. The SMILES string of the molecule is CC[C@H]1CCc2c(sc(NC(=O)c3ccc([N+](=O)[O-])c(C)c3)c2C(=O)OC)C1. The molecule has 0 fully saturated rings. The van der Waals surface area contributed by atoms with Gasteiger partial charge in [0.2, 0.25) is 0 Å². The number of nitro groups is 1. The summed E-state index contributed by atoms with van der Waals surface area (Å²) in [5.41, 5.74) is 2.07. The van der Waals surface area contributed by atoms with Crippen LogP contribution in [0.2, 0.25) is 0 Å². The van der Waals surface area contributed by atoms with E-state index in [1.807, 2.05) is 0 Å². The lowest BCUT2D eigenvalue weighted by Gasteiger charge is -2.20. The minimum atomic E-state index is -0.482. The molecule has 0 unspecified atom stereocenters. The average molecular weight is 402 g/mol. The Morgan fingerprint density at radius 2 is 2.14 bits per heavy atom. The second-order valence-corrected chi connectivity index (χ2v) is 8.03. The van der Waals surface area contributed by atoms with Gasteiger partial charge in [-0.2, -0.15) is 0 Å². The Kier molecular flexibility index (Phi) is 5.79. The van der Waals surface area contributed by atoms with Gasteiger partial charge in [-0.3, -0.25) is 14.9 Å². The molecular weight excluding hydrogens is 380 g/mol. The molecule has 7 nitrogen and oxygen atoms in total. The molecule has 0 bridgehead atoms. The average Bonchev–Trinajstić information content (AvgIpc) is 3.03. The summed E-state index contributed by atoms with van der Waals surface area (Å²) in [7, 11) is 1.33. The topological polar surface area (TPSA) is 98.5 Å². The summed E-state index contributed by atoms with van der Waals surface area (Å²) in [4.78, 5) is 36.7. The van der Waals surface area contributed by atoms with Crippen LogP contribution in [0.4, 0.5) is 10.7 Å². The summed E-state index contributed by atoms with van der Waals surface area (Å²) in [6.45, 7) is 3.74. The van der Waals surface area contributed by atoms with Crippen molar-refractivity contribution in [2.75, 3.05) is 12.4 Å². The summed E-state index contributed by atoms with van der Waals surface area (Å²) < 4.78 is 4.94. The molecule has 2 aromatic rings. The van der Waals surface area contributed by atoms with Crippen LogP contribution >= 0.6 is 11.3 Å². The van der Waals surface area contributed by atoms with Crippen LogP contribution in [0.25, 0.3) is 0 Å². The summed E-state index contributed by atoms with van der Waals surface area (Å²) in [5.74, 6) is -0.283. The lowest BCUT2D eigenvalue weighted by molar-refractivity contribution is -0.385. The van der Waals surface area contributed by atoms with E-state index in [4.69, 9.17) is 4.74 Å². The fraction of sp³-hybridized carbons (Fsp3) is 0.400. The molecule has 1 aliphatic carbocycles. The Labute approximate surface area is 166 Å². The van der Waals surface area contributed by atoms with Gasteiger partial charge < -0.3 is 10.1 Å². The van der Waals surface area contributed by atoms with Gasteiger partial charge in [0.1, 0.15) is 5.00 Å². The van der Waals surface area contributed by atoms with Crippen LogP contribution in [-0.4, -0.2) is 23.9 Å². The number of amides is 1. The van der Waals surface area contributed by atoms with Crippen molar-refractivity contribution in [3.8, 4) is 0 Å². The van der Waals surface area contributed by atoms with Crippen molar-refractivity contribution in [2.45, 2.75) is 39.5 Å². The minimum Gasteiger partial charge on any atom is -0.465 e. The minimum absolute atomic E-state index is 0.0380. The van der Waals surface area contributed by atoms with Gasteiger partial charge >= 0.3 is 5.97 Å². The molecule has 148 valence electrons. The Morgan fingerprint density at radius 3 is 2.75 bits per heavy atom. The molecule has 0 saturated heterocycles. The van der Waals surface area contributed by atoms with E-state index in [1.54, 1.807) is 6.92 Å². The molecule has 28 heavy (non-hydrogen) atoms. The number of nitrogens with zero attached hydrogens (tertiary/aromatic N) is 1. The molecular formula is C20H22N2O5S. The zero-order valence-electron chi connectivity index (χ0n) is 16.0. The first-order chi connectivity index (χ1) is 13.3. The zero-order chi connectivity index (χ0) is 20.4. The highest BCUT2D eigenvalue weighted by Crippen LogP contribution is 2.41. The summed E-state index contributed by atoms with van der Waals surface area (Å²) in [5, 5.41) is 14.3. The summed E-state index contributed by atoms with van der Waals surface area (Å²) in [6.07, 6.45) is 3.78. The molecule has 1 amide bonds. The Hall–Kier alpha value is -2.74. The highest BCUT2D eigenvalue weighted by atomic mass is 32.1. The van der Waals surface area contributed by atoms with Crippen molar-refractivity contribution in [3.63, 3.8) is 0 Å². The molecule has 1 aromatic heterocycles. The van der Waals surface area contributed by atoms with E-state index in [1.165, 1.54) is 36.6 Å². The molecule has 0 aliphatic heterocycles. The van der Waals surface area contributed by atoms with Crippen LogP contribution in [0, 0.1) is 23.0 Å². The van der Waals surface area contributed by atoms with Crippen LogP contribution in [0.1, 0.15) is 56.5 Å². The number of benzene rings is 1. The standard InChI is InChI=1S/C20H22N2O5S/c1-4-12-5-7-14-16(10-12)28-19(17(14)20(24)27-3)21-18(23)13-6-8-15(22(25)26)11(2)9-13/h6,8-9,12H,4-5,7,10H2,1-3H3,(H,21,23)/t12-/m0/s1. The van der Waals surface area contributed by atoms with Crippen molar-refractivity contribution in [3.05, 3.63) is 55.4 Å². The number of hydrogen-bond donors (Lipinski definition) is 1. The van der Waals surface area contributed by atoms with E-state index in [-0.39, 0.29) is 5.69 Å². The van der Waals surface area contributed by atoms with Crippen LogP contribution in [0.3, 0.4) is 0 Å². The van der Waals surface area contributed by atoms with Gasteiger partial charge in [-0.1, -0.05) is 13.3 Å². The van der Waals surface area contributed by atoms with E-state index in [0.717, 1.165) is 36.1 Å². The normalized spacial score (nSPS) is 15.6. The maximum absolute atomic E-state index is 12.7. The first-order valence-electron chi connectivity index (χ1n) is 9.14. The van der Waals surface area contributed by atoms with Crippen LogP contribution in [0.15, 0.2) is 18.2 Å². The van der Waals surface area contributed by atoms with Crippen LogP contribution in [-0.2, 0) is 17.6 Å². The predicted molar refractivity (Wildman–Crippen MR) is 107 cm³/mol. The lowest BCUT2D eigenvalue weighted by atomic mass is 9.85. The number of ether oxygens (including phenoxy) is 1. The van der Waals surface area contributed by atoms with Gasteiger partial charge in [-0.05, 0) is 49.8 Å². The van der Waals surface area contributed by atoms with Gasteiger partial charge in [-0.15, -0.1) is 11.3 Å². The highest BCUT2D eigenvalue weighted by molar-refractivity contribution is 7.17. The largest absolute Gasteiger partial charge is 0.465 e. The van der Waals surface area contributed by atoms with Gasteiger partial charge in [0.25, 0.3) is 11.6 Å². The van der Waals surface area contributed by atoms with Crippen LogP contribution < -0.4 is 5.32 Å². The predicted octanol–water partition coefficient (Wildman–Crippen LogP) is 4.52. The third-order valence-electron chi connectivity index (χ3n) is 5.22. The number of hydrogen-bond acceptors (Lipinski definition) is 6. The van der Waals surface area contributed by atoms with Gasteiger partial charge in [0, 0.05) is 22.1 Å². The maximum Gasteiger partial charge on any atom is 0.341 e. The van der Waals surface area contributed by atoms with Crippen molar-refractivity contribution < 1.29 is 19.2 Å².